The van der Waals surface area contributed by atoms with Crippen molar-refractivity contribution >= 4 is 17.4 Å². The minimum absolute atomic E-state index is 0.142. The zero-order valence-corrected chi connectivity index (χ0v) is 15.8. The number of anilines is 2. The third-order valence-corrected chi connectivity index (χ3v) is 4.20. The summed E-state index contributed by atoms with van der Waals surface area (Å²) < 4.78 is 0. The molecule has 2 rings (SSSR count). The largest absolute Gasteiger partial charge is 0.383 e. The number of aryl methyl sites for hydroxylation is 2. The zero-order chi connectivity index (χ0) is 18.6. The zero-order valence-electron chi connectivity index (χ0n) is 15.8. The fraction of sp³-hybridized carbons (Fsp3) is 0.381. The lowest BCUT2D eigenvalue weighted by molar-refractivity contribution is 0.241. The Kier molecular flexibility index (Phi) is 8.33. The van der Waals surface area contributed by atoms with Crippen LogP contribution < -0.4 is 21.3 Å². The van der Waals surface area contributed by atoms with Gasteiger partial charge in [-0.05, 0) is 48.2 Å². The van der Waals surface area contributed by atoms with Gasteiger partial charge in [0.15, 0.2) is 0 Å². The first-order chi connectivity index (χ1) is 12.7. The van der Waals surface area contributed by atoms with Crippen LogP contribution in [0.15, 0.2) is 48.5 Å². The van der Waals surface area contributed by atoms with Crippen LogP contribution in [-0.2, 0) is 12.8 Å². The smallest absolute Gasteiger partial charge is 0.314 e. The Balaban J connectivity index is 1.52. The molecule has 140 valence electrons. The van der Waals surface area contributed by atoms with E-state index in [4.69, 9.17) is 0 Å². The van der Waals surface area contributed by atoms with Crippen molar-refractivity contribution in [3.8, 4) is 0 Å². The van der Waals surface area contributed by atoms with Crippen molar-refractivity contribution in [1.82, 2.24) is 10.6 Å². The number of carbonyl (C=O) groups excluding carboxylic acids is 1. The van der Waals surface area contributed by atoms with E-state index in [1.807, 2.05) is 0 Å². The van der Waals surface area contributed by atoms with Crippen LogP contribution >= 0.6 is 0 Å². The molecule has 0 bridgehead atoms. The Bertz CT molecular complexity index is 595. The van der Waals surface area contributed by atoms with Gasteiger partial charge < -0.3 is 21.3 Å². The standard InChI is InChI=1S/C21H30N4O/c1-3-17-5-9-19(10-6-17)22-13-15-24-21(26)25-16-14-23-20-11-7-18(4-2)8-12-20/h5-12,22-23H,3-4,13-16H2,1-2H3,(H2,24,25,26). The fourth-order valence-electron chi connectivity index (χ4n) is 2.54. The van der Waals surface area contributed by atoms with Gasteiger partial charge >= 0.3 is 6.03 Å². The van der Waals surface area contributed by atoms with Crippen LogP contribution in [0.1, 0.15) is 25.0 Å². The molecular weight excluding hydrogens is 324 g/mol. The number of carbonyl (C=O) groups is 1. The third kappa shape index (κ3) is 7.05. The number of benzene rings is 2. The maximum Gasteiger partial charge on any atom is 0.314 e. The molecule has 2 amide bonds. The van der Waals surface area contributed by atoms with Crippen LogP contribution in [0, 0.1) is 0 Å². The highest BCUT2D eigenvalue weighted by Gasteiger charge is 1.99. The van der Waals surface area contributed by atoms with Crippen molar-refractivity contribution in [3.63, 3.8) is 0 Å². The summed E-state index contributed by atoms with van der Waals surface area (Å²) in [5.41, 5.74) is 4.79. The quantitative estimate of drug-likeness (QED) is 0.493. The number of urea groups is 1. The molecule has 0 heterocycles. The average Bonchev–Trinajstić information content (AvgIpc) is 2.69. The monoisotopic (exact) mass is 354 g/mol. The lowest BCUT2D eigenvalue weighted by atomic mass is 10.1. The van der Waals surface area contributed by atoms with Gasteiger partial charge in [-0.1, -0.05) is 38.1 Å². The van der Waals surface area contributed by atoms with E-state index in [0.29, 0.717) is 26.2 Å². The molecular formula is C21H30N4O. The molecule has 0 radical (unpaired) electrons. The molecule has 4 N–H and O–H groups in total. The summed E-state index contributed by atoms with van der Waals surface area (Å²) in [4.78, 5) is 11.8. The van der Waals surface area contributed by atoms with Gasteiger partial charge in [-0.15, -0.1) is 0 Å². The average molecular weight is 354 g/mol. The van der Waals surface area contributed by atoms with Gasteiger partial charge in [0.2, 0.25) is 0 Å². The molecule has 26 heavy (non-hydrogen) atoms. The summed E-state index contributed by atoms with van der Waals surface area (Å²) in [5.74, 6) is 0. The van der Waals surface area contributed by atoms with Crippen molar-refractivity contribution in [2.45, 2.75) is 26.7 Å². The van der Waals surface area contributed by atoms with Crippen LogP contribution in [0.3, 0.4) is 0 Å². The van der Waals surface area contributed by atoms with Gasteiger partial charge in [-0.25, -0.2) is 4.79 Å². The van der Waals surface area contributed by atoms with Crippen LogP contribution in [0.2, 0.25) is 0 Å². The number of hydrogen-bond donors (Lipinski definition) is 4. The van der Waals surface area contributed by atoms with E-state index in [-0.39, 0.29) is 6.03 Å². The molecule has 5 nitrogen and oxygen atoms in total. The summed E-state index contributed by atoms with van der Waals surface area (Å²) in [6.07, 6.45) is 2.09. The van der Waals surface area contributed by atoms with Gasteiger partial charge in [0.1, 0.15) is 0 Å². The Hall–Kier alpha value is -2.69. The summed E-state index contributed by atoms with van der Waals surface area (Å²) in [6.45, 7) is 6.83. The van der Waals surface area contributed by atoms with Crippen LogP contribution in [0.25, 0.3) is 0 Å². The number of hydrogen-bond acceptors (Lipinski definition) is 3. The Morgan fingerprint density at radius 1 is 0.654 bits per heavy atom. The van der Waals surface area contributed by atoms with Crippen molar-refractivity contribution in [1.29, 1.82) is 0 Å². The fourth-order valence-corrected chi connectivity index (χ4v) is 2.54. The molecule has 0 aliphatic rings. The second-order valence-corrected chi connectivity index (χ2v) is 6.14. The molecule has 0 fully saturated rings. The number of rotatable bonds is 10. The number of nitrogens with one attached hydrogen (secondary N) is 4. The lowest BCUT2D eigenvalue weighted by Gasteiger charge is -2.11. The predicted octanol–water partition coefficient (Wildman–Crippen LogP) is 3.63. The summed E-state index contributed by atoms with van der Waals surface area (Å²) in [7, 11) is 0. The second-order valence-electron chi connectivity index (χ2n) is 6.14. The highest BCUT2D eigenvalue weighted by atomic mass is 16.2. The van der Waals surface area contributed by atoms with E-state index in [1.165, 1.54) is 11.1 Å². The molecule has 0 unspecified atom stereocenters. The first kappa shape index (κ1) is 19.6. The van der Waals surface area contributed by atoms with E-state index in [0.717, 1.165) is 24.2 Å². The minimum atomic E-state index is -0.142. The second kappa shape index (κ2) is 11.0. The van der Waals surface area contributed by atoms with Gasteiger partial charge in [0.25, 0.3) is 0 Å². The third-order valence-electron chi connectivity index (χ3n) is 4.20. The maximum absolute atomic E-state index is 11.8. The SMILES string of the molecule is CCc1ccc(NCCNC(=O)NCCNc2ccc(CC)cc2)cc1. The minimum Gasteiger partial charge on any atom is -0.383 e. The molecule has 2 aromatic rings. The van der Waals surface area contributed by atoms with Crippen molar-refractivity contribution in [2.24, 2.45) is 0 Å². The first-order valence-electron chi connectivity index (χ1n) is 9.38. The molecule has 0 saturated carbocycles. The van der Waals surface area contributed by atoms with Gasteiger partial charge in [0.05, 0.1) is 0 Å². The maximum atomic E-state index is 11.8. The number of amides is 2. The Morgan fingerprint density at radius 3 is 1.38 bits per heavy atom. The van der Waals surface area contributed by atoms with Crippen molar-refractivity contribution in [3.05, 3.63) is 59.7 Å². The Morgan fingerprint density at radius 2 is 1.04 bits per heavy atom. The molecule has 0 spiro atoms. The molecule has 2 aromatic carbocycles. The molecule has 0 aliphatic carbocycles. The highest BCUT2D eigenvalue weighted by Crippen LogP contribution is 2.10. The highest BCUT2D eigenvalue weighted by molar-refractivity contribution is 5.73. The Labute approximate surface area is 156 Å². The summed E-state index contributed by atoms with van der Waals surface area (Å²) in [6, 6.07) is 16.6. The van der Waals surface area contributed by atoms with Gasteiger partial charge in [0, 0.05) is 37.6 Å². The van der Waals surface area contributed by atoms with Crippen LogP contribution in [-0.4, -0.2) is 32.2 Å². The van der Waals surface area contributed by atoms with E-state index < -0.39 is 0 Å². The molecule has 0 aliphatic heterocycles. The first-order valence-corrected chi connectivity index (χ1v) is 9.38. The van der Waals surface area contributed by atoms with Crippen LogP contribution in [0.4, 0.5) is 16.2 Å². The van der Waals surface area contributed by atoms with Gasteiger partial charge in [-0.3, -0.25) is 0 Å². The van der Waals surface area contributed by atoms with Crippen molar-refractivity contribution in [2.75, 3.05) is 36.8 Å². The normalized spacial score (nSPS) is 10.2. The molecule has 0 saturated heterocycles. The van der Waals surface area contributed by atoms with Crippen LogP contribution in [0.5, 0.6) is 0 Å². The van der Waals surface area contributed by atoms with E-state index in [9.17, 15) is 4.79 Å². The molecule has 0 aromatic heterocycles. The molecule has 5 heteroatoms. The van der Waals surface area contributed by atoms with Gasteiger partial charge in [-0.2, -0.15) is 0 Å². The molecule has 0 atom stereocenters. The van der Waals surface area contributed by atoms with E-state index >= 15 is 0 Å². The summed E-state index contributed by atoms with van der Waals surface area (Å²) >= 11 is 0. The lowest BCUT2D eigenvalue weighted by Crippen LogP contribution is -2.39. The van der Waals surface area contributed by atoms with E-state index in [2.05, 4.69) is 83.6 Å². The predicted molar refractivity (Wildman–Crippen MR) is 110 cm³/mol. The topological polar surface area (TPSA) is 65.2 Å². The van der Waals surface area contributed by atoms with Crippen molar-refractivity contribution < 1.29 is 4.79 Å². The van der Waals surface area contributed by atoms with E-state index in [1.54, 1.807) is 0 Å². The summed E-state index contributed by atoms with van der Waals surface area (Å²) in [5, 5.41) is 12.3.